The maximum absolute atomic E-state index is 13.6. The van der Waals surface area contributed by atoms with Gasteiger partial charge >= 0.3 is 0 Å². The average Bonchev–Trinajstić information content (AvgIpc) is 3.23. The van der Waals surface area contributed by atoms with Crippen LogP contribution in [0, 0.1) is 19.8 Å². The molecule has 0 fully saturated rings. The fourth-order valence-electron chi connectivity index (χ4n) is 4.64. The van der Waals surface area contributed by atoms with Crippen LogP contribution in [0.2, 0.25) is 0 Å². The Kier molecular flexibility index (Phi) is 8.41. The summed E-state index contributed by atoms with van der Waals surface area (Å²) in [6.07, 6.45) is 0.907. The molecule has 0 unspecified atom stereocenters. The molecule has 6 heteroatoms. The van der Waals surface area contributed by atoms with E-state index < -0.39 is 0 Å². The number of nitrogens with zero attached hydrogens (tertiary/aromatic N) is 3. The molecule has 3 aromatic carbocycles. The normalized spacial score (nSPS) is 11.0. The van der Waals surface area contributed by atoms with Gasteiger partial charge in [-0.1, -0.05) is 81.4 Å². The van der Waals surface area contributed by atoms with Crippen LogP contribution in [0.3, 0.4) is 0 Å². The number of hydrogen-bond donors (Lipinski definition) is 1. The van der Waals surface area contributed by atoms with Crippen LogP contribution >= 0.6 is 0 Å². The van der Waals surface area contributed by atoms with Gasteiger partial charge in [-0.2, -0.15) is 5.10 Å². The van der Waals surface area contributed by atoms with E-state index in [1.807, 2.05) is 107 Å². The summed E-state index contributed by atoms with van der Waals surface area (Å²) in [5.74, 6) is 0.387. The van der Waals surface area contributed by atoms with Gasteiger partial charge in [-0.15, -0.1) is 0 Å². The molecule has 1 N–H and O–H groups in total. The Labute approximate surface area is 225 Å². The van der Waals surface area contributed by atoms with Crippen molar-refractivity contribution in [2.24, 2.45) is 5.92 Å². The molecule has 4 aromatic rings. The number of para-hydroxylation sites is 1. The number of aromatic nitrogens is 2. The topological polar surface area (TPSA) is 67.2 Å². The van der Waals surface area contributed by atoms with E-state index in [1.54, 1.807) is 9.58 Å². The van der Waals surface area contributed by atoms with E-state index in [9.17, 15) is 9.59 Å². The number of carbonyl (C=O) groups is 2. The fraction of sp³-hybridized carbons (Fsp3) is 0.281. The molecular formula is C32H36N4O2. The molecule has 6 nitrogen and oxygen atoms in total. The smallest absolute Gasteiger partial charge is 0.254 e. The van der Waals surface area contributed by atoms with Gasteiger partial charge in [-0.3, -0.25) is 9.59 Å². The Balaban J connectivity index is 1.68. The molecule has 1 heterocycles. The Morgan fingerprint density at radius 1 is 0.921 bits per heavy atom. The molecule has 0 spiro atoms. The minimum absolute atomic E-state index is 0.0568. The average molecular weight is 509 g/mol. The van der Waals surface area contributed by atoms with E-state index in [0.717, 1.165) is 34.5 Å². The van der Waals surface area contributed by atoms with E-state index in [0.29, 0.717) is 17.9 Å². The van der Waals surface area contributed by atoms with E-state index in [4.69, 9.17) is 5.10 Å². The van der Waals surface area contributed by atoms with Gasteiger partial charge in [0.25, 0.3) is 5.91 Å². The summed E-state index contributed by atoms with van der Waals surface area (Å²) in [5.41, 5.74) is 6.31. The molecule has 0 aliphatic heterocycles. The molecule has 4 rings (SSSR count). The maximum Gasteiger partial charge on any atom is 0.254 e. The van der Waals surface area contributed by atoms with Crippen LogP contribution in [0.4, 0.5) is 5.82 Å². The van der Waals surface area contributed by atoms with Crippen LogP contribution in [0.15, 0.2) is 78.9 Å². The number of nitrogens with one attached hydrogen (secondary N) is 1. The van der Waals surface area contributed by atoms with Gasteiger partial charge in [0, 0.05) is 17.7 Å². The summed E-state index contributed by atoms with van der Waals surface area (Å²) in [7, 11) is 0. The van der Waals surface area contributed by atoms with Crippen molar-refractivity contribution in [3.63, 3.8) is 0 Å². The Morgan fingerprint density at radius 3 is 2.21 bits per heavy atom. The zero-order chi connectivity index (χ0) is 27.2. The number of benzene rings is 3. The van der Waals surface area contributed by atoms with Gasteiger partial charge in [0.05, 0.1) is 11.4 Å². The van der Waals surface area contributed by atoms with Gasteiger partial charge in [0.15, 0.2) is 0 Å². The Bertz CT molecular complexity index is 1410. The number of aryl methyl sites for hydroxylation is 3. The number of rotatable bonds is 9. The Morgan fingerprint density at radius 2 is 1.58 bits per heavy atom. The number of amides is 2. The van der Waals surface area contributed by atoms with Gasteiger partial charge in [0.2, 0.25) is 5.91 Å². The lowest BCUT2D eigenvalue weighted by Crippen LogP contribution is -2.40. The highest BCUT2D eigenvalue weighted by Crippen LogP contribution is 2.34. The minimum atomic E-state index is -0.268. The second-order valence-electron chi connectivity index (χ2n) is 10.1. The summed E-state index contributed by atoms with van der Waals surface area (Å²) >= 11 is 0. The van der Waals surface area contributed by atoms with Crippen molar-refractivity contribution in [1.82, 2.24) is 14.7 Å². The van der Waals surface area contributed by atoms with Gasteiger partial charge in [-0.25, -0.2) is 4.68 Å². The SMILES string of the molecule is CCc1ccc(C(=O)N(CC(=O)Nc2c(-c3ccccc3)c(C)nn2-c2ccccc2C)CC(C)C)cc1. The van der Waals surface area contributed by atoms with Gasteiger partial charge in [-0.05, 0) is 61.1 Å². The molecule has 38 heavy (non-hydrogen) atoms. The zero-order valence-corrected chi connectivity index (χ0v) is 22.9. The largest absolute Gasteiger partial charge is 0.329 e. The third-order valence-electron chi connectivity index (χ3n) is 6.54. The van der Waals surface area contributed by atoms with Gasteiger partial charge < -0.3 is 10.2 Å². The summed E-state index contributed by atoms with van der Waals surface area (Å²) in [6.45, 7) is 10.6. The van der Waals surface area contributed by atoms with Crippen LogP contribution in [0.25, 0.3) is 16.8 Å². The lowest BCUT2D eigenvalue weighted by molar-refractivity contribution is -0.117. The first-order chi connectivity index (χ1) is 18.3. The van der Waals surface area contributed by atoms with E-state index in [2.05, 4.69) is 12.2 Å². The summed E-state index contributed by atoms with van der Waals surface area (Å²) < 4.78 is 1.79. The van der Waals surface area contributed by atoms with E-state index in [1.165, 1.54) is 5.56 Å². The molecule has 0 saturated heterocycles. The van der Waals surface area contributed by atoms with Crippen molar-refractivity contribution < 1.29 is 9.59 Å². The monoisotopic (exact) mass is 508 g/mol. The maximum atomic E-state index is 13.6. The molecule has 0 saturated carbocycles. The van der Waals surface area contributed by atoms with Crippen LogP contribution in [0.5, 0.6) is 0 Å². The summed E-state index contributed by atoms with van der Waals surface area (Å²) in [5, 5.41) is 7.94. The van der Waals surface area contributed by atoms with Crippen molar-refractivity contribution in [3.8, 4) is 16.8 Å². The number of anilines is 1. The first-order valence-electron chi connectivity index (χ1n) is 13.2. The predicted octanol–water partition coefficient (Wildman–Crippen LogP) is 6.46. The van der Waals surface area contributed by atoms with Crippen LogP contribution < -0.4 is 5.32 Å². The lowest BCUT2D eigenvalue weighted by Gasteiger charge is -2.24. The van der Waals surface area contributed by atoms with Crippen molar-refractivity contribution in [3.05, 3.63) is 101 Å². The molecule has 196 valence electrons. The van der Waals surface area contributed by atoms with Crippen molar-refractivity contribution in [1.29, 1.82) is 0 Å². The summed E-state index contributed by atoms with van der Waals surface area (Å²) in [4.78, 5) is 28.6. The molecular weight excluding hydrogens is 472 g/mol. The highest BCUT2D eigenvalue weighted by atomic mass is 16.2. The highest BCUT2D eigenvalue weighted by molar-refractivity contribution is 6.01. The second-order valence-corrected chi connectivity index (χ2v) is 10.1. The molecule has 0 radical (unpaired) electrons. The quantitative estimate of drug-likeness (QED) is 0.282. The second kappa shape index (κ2) is 11.9. The van der Waals surface area contributed by atoms with Crippen LogP contribution in [-0.4, -0.2) is 39.6 Å². The molecule has 0 aliphatic carbocycles. The van der Waals surface area contributed by atoms with Crippen LogP contribution in [-0.2, 0) is 11.2 Å². The first-order valence-corrected chi connectivity index (χ1v) is 13.2. The first kappa shape index (κ1) is 26.9. The minimum Gasteiger partial charge on any atom is -0.329 e. The zero-order valence-electron chi connectivity index (χ0n) is 22.9. The van der Waals surface area contributed by atoms with Crippen LogP contribution in [0.1, 0.15) is 48.0 Å². The third kappa shape index (κ3) is 6.02. The van der Waals surface area contributed by atoms with Gasteiger partial charge in [0.1, 0.15) is 12.4 Å². The van der Waals surface area contributed by atoms with Crippen molar-refractivity contribution >= 4 is 17.6 Å². The highest BCUT2D eigenvalue weighted by Gasteiger charge is 2.24. The molecule has 1 aromatic heterocycles. The predicted molar refractivity (Wildman–Crippen MR) is 154 cm³/mol. The Hall–Kier alpha value is -4.19. The number of hydrogen-bond acceptors (Lipinski definition) is 3. The molecule has 0 bridgehead atoms. The third-order valence-corrected chi connectivity index (χ3v) is 6.54. The van der Waals surface area contributed by atoms with Crippen molar-refractivity contribution in [2.75, 3.05) is 18.4 Å². The fourth-order valence-corrected chi connectivity index (χ4v) is 4.64. The van der Waals surface area contributed by atoms with E-state index in [-0.39, 0.29) is 24.3 Å². The molecule has 2 amide bonds. The molecule has 0 aliphatic rings. The lowest BCUT2D eigenvalue weighted by atomic mass is 10.1. The van der Waals surface area contributed by atoms with E-state index >= 15 is 0 Å². The standard InChI is InChI=1S/C32H36N4O2/c1-6-25-16-18-27(19-17-25)32(38)35(20-22(2)3)21-29(37)33-31-30(26-13-8-7-9-14-26)24(5)34-36(31)28-15-11-10-12-23(28)4/h7-19,22H,6,20-21H2,1-5H3,(H,33,37). The summed E-state index contributed by atoms with van der Waals surface area (Å²) in [6, 6.07) is 25.5. The van der Waals surface area contributed by atoms with Crippen molar-refractivity contribution in [2.45, 2.75) is 41.0 Å². The molecule has 0 atom stereocenters. The number of carbonyl (C=O) groups excluding carboxylic acids is 2.